The molecule has 0 fully saturated rings. The summed E-state index contributed by atoms with van der Waals surface area (Å²) in [5, 5.41) is 8.50. The number of nitrogens with zero attached hydrogens (tertiary/aromatic N) is 3. The summed E-state index contributed by atoms with van der Waals surface area (Å²) in [4.78, 5) is 8.51. The van der Waals surface area contributed by atoms with E-state index in [1.807, 2.05) is 12.1 Å². The molecule has 1 heterocycles. The first-order chi connectivity index (χ1) is 4.91. The van der Waals surface area contributed by atoms with E-state index in [-0.39, 0.29) is 0 Å². The van der Waals surface area contributed by atoms with Crippen molar-refractivity contribution in [1.82, 2.24) is 10.2 Å². The molecule has 0 bridgehead atoms. The largest absolute Gasteiger partial charge is 0.269 e. The third kappa shape index (κ3) is 6.39. The fraction of sp³-hybridized carbons (Fsp3) is 0. The molecule has 0 amide bonds. The van der Waals surface area contributed by atoms with Crippen LogP contribution in [0.1, 0.15) is 0 Å². The number of hydrogen-bond donors (Lipinski definition) is 0. The smallest absolute Gasteiger partial charge is 0.209 e. The predicted octanol–water partition coefficient (Wildman–Crippen LogP) is 0.683. The van der Waals surface area contributed by atoms with Crippen molar-refractivity contribution in [3.05, 3.63) is 24.5 Å². The van der Waals surface area contributed by atoms with E-state index in [0.29, 0.717) is 6.08 Å². The second-order valence-corrected chi connectivity index (χ2v) is 1.09. The summed E-state index contributed by atoms with van der Waals surface area (Å²) in [5.74, 6) is 0. The van der Waals surface area contributed by atoms with Crippen molar-refractivity contribution >= 4 is 6.08 Å². The van der Waals surface area contributed by atoms with E-state index >= 15 is 0 Å². The van der Waals surface area contributed by atoms with Gasteiger partial charge in [-0.05, 0) is 12.1 Å². The van der Waals surface area contributed by atoms with Gasteiger partial charge in [0.25, 0.3) is 6.08 Å². The Kier molecular flexibility index (Phi) is 6.20. The van der Waals surface area contributed by atoms with Gasteiger partial charge in [0.05, 0.1) is 0 Å². The Morgan fingerprint density at radius 3 is 1.80 bits per heavy atom. The first-order valence-electron chi connectivity index (χ1n) is 2.31. The van der Waals surface area contributed by atoms with Gasteiger partial charge in [0.15, 0.2) is 0 Å². The van der Waals surface area contributed by atoms with Crippen LogP contribution >= 0.6 is 0 Å². The first kappa shape index (κ1) is 8.39. The molecule has 4 nitrogen and oxygen atoms in total. The average molecular weight is 141 g/mol. The van der Waals surface area contributed by atoms with Crippen LogP contribution in [0.4, 0.5) is 4.48 Å². The third-order valence-electron chi connectivity index (χ3n) is 0.518. The molecule has 0 aliphatic heterocycles. The number of hydrogen-bond acceptors (Lipinski definition) is 4. The van der Waals surface area contributed by atoms with E-state index in [4.69, 9.17) is 4.79 Å². The average Bonchev–Trinajstić information content (AvgIpc) is 2.08. The van der Waals surface area contributed by atoms with Crippen LogP contribution in [0.2, 0.25) is 0 Å². The van der Waals surface area contributed by atoms with Gasteiger partial charge in [-0.1, -0.05) is 4.48 Å². The molecule has 1 aromatic rings. The molecular weight excluding hydrogens is 137 g/mol. The van der Waals surface area contributed by atoms with E-state index in [2.05, 4.69) is 10.2 Å². The minimum Gasteiger partial charge on any atom is -0.209 e. The molecule has 0 unspecified atom stereocenters. The second-order valence-electron chi connectivity index (χ2n) is 1.09. The van der Waals surface area contributed by atoms with Crippen LogP contribution in [0.5, 0.6) is 0 Å². The van der Waals surface area contributed by atoms with Gasteiger partial charge in [-0.3, -0.25) is 0 Å². The van der Waals surface area contributed by atoms with E-state index in [9.17, 15) is 4.48 Å². The SMILES string of the molecule is O=C=NF.c1ccnnc1. The summed E-state index contributed by atoms with van der Waals surface area (Å²) in [7, 11) is 0. The zero-order chi connectivity index (χ0) is 7.66. The molecule has 0 radical (unpaired) electrons. The van der Waals surface area contributed by atoms with Gasteiger partial charge in [0.1, 0.15) is 0 Å². The fourth-order valence-corrected chi connectivity index (χ4v) is 0.253. The molecule has 1 aromatic heterocycles. The van der Waals surface area contributed by atoms with Crippen LogP contribution < -0.4 is 0 Å². The molecule has 0 spiro atoms. The van der Waals surface area contributed by atoms with Crippen molar-refractivity contribution < 1.29 is 9.28 Å². The molecule has 0 aliphatic rings. The van der Waals surface area contributed by atoms with Gasteiger partial charge in [-0.15, -0.1) is 0 Å². The second kappa shape index (κ2) is 7.39. The molecule has 0 aromatic carbocycles. The number of aromatic nitrogens is 2. The van der Waals surface area contributed by atoms with Crippen molar-refractivity contribution in [2.45, 2.75) is 0 Å². The number of halogens is 1. The lowest BCUT2D eigenvalue weighted by Crippen LogP contribution is -1.69. The standard InChI is InChI=1S/C4H4N2.CFNO/c1-2-4-6-5-3-1;2-3-1-4/h1-4H;. The summed E-state index contributed by atoms with van der Waals surface area (Å²) < 4.78 is 9.92. The molecule has 0 saturated heterocycles. The van der Waals surface area contributed by atoms with E-state index < -0.39 is 0 Å². The van der Waals surface area contributed by atoms with Gasteiger partial charge in [0, 0.05) is 17.6 Å². The lowest BCUT2D eigenvalue weighted by molar-refractivity contribution is 0.501. The Hall–Kier alpha value is -1.61. The van der Waals surface area contributed by atoms with Crippen molar-refractivity contribution in [2.75, 3.05) is 0 Å². The van der Waals surface area contributed by atoms with Gasteiger partial charge >= 0.3 is 0 Å². The Balaban J connectivity index is 0.000000180. The van der Waals surface area contributed by atoms with Crippen molar-refractivity contribution in [2.24, 2.45) is 5.21 Å². The highest BCUT2D eigenvalue weighted by Gasteiger charge is 1.59. The number of carbonyl (C=O) groups excluding carboxylic acids is 1. The molecule has 52 valence electrons. The highest BCUT2D eigenvalue weighted by Crippen LogP contribution is 1.68. The third-order valence-corrected chi connectivity index (χ3v) is 0.518. The van der Waals surface area contributed by atoms with Crippen LogP contribution in [-0.4, -0.2) is 16.3 Å². The maximum absolute atomic E-state index is 9.92. The summed E-state index contributed by atoms with van der Waals surface area (Å²) in [5.41, 5.74) is 0. The van der Waals surface area contributed by atoms with Crippen molar-refractivity contribution in [3.63, 3.8) is 0 Å². The van der Waals surface area contributed by atoms with Gasteiger partial charge in [0.2, 0.25) is 0 Å². The molecule has 0 aliphatic carbocycles. The summed E-state index contributed by atoms with van der Waals surface area (Å²) in [6, 6.07) is 3.65. The fourth-order valence-electron chi connectivity index (χ4n) is 0.253. The molecule has 0 N–H and O–H groups in total. The molecule has 0 saturated carbocycles. The number of isocyanates is 1. The van der Waals surface area contributed by atoms with E-state index in [1.54, 1.807) is 12.4 Å². The first-order valence-corrected chi connectivity index (χ1v) is 2.31. The summed E-state index contributed by atoms with van der Waals surface area (Å²) in [6.45, 7) is 0. The predicted molar refractivity (Wildman–Crippen MR) is 31.3 cm³/mol. The molecule has 5 heteroatoms. The lowest BCUT2D eigenvalue weighted by Gasteiger charge is -1.69. The molecule has 1 rings (SSSR count). The van der Waals surface area contributed by atoms with Gasteiger partial charge < -0.3 is 0 Å². The van der Waals surface area contributed by atoms with Crippen molar-refractivity contribution in [1.29, 1.82) is 0 Å². The Labute approximate surface area is 56.4 Å². The summed E-state index contributed by atoms with van der Waals surface area (Å²) >= 11 is 0. The minimum absolute atomic E-state index is 0.639. The van der Waals surface area contributed by atoms with Crippen molar-refractivity contribution in [3.8, 4) is 0 Å². The highest BCUT2D eigenvalue weighted by molar-refractivity contribution is 5.30. The zero-order valence-electron chi connectivity index (χ0n) is 4.94. The Bertz CT molecular complexity index is 171. The van der Waals surface area contributed by atoms with Crippen LogP contribution in [0.25, 0.3) is 0 Å². The summed E-state index contributed by atoms with van der Waals surface area (Å²) in [6.07, 6.45) is 3.92. The maximum atomic E-state index is 9.92. The van der Waals surface area contributed by atoms with Gasteiger partial charge in [-0.2, -0.15) is 10.2 Å². The normalized spacial score (nSPS) is 6.50. The van der Waals surface area contributed by atoms with Crippen LogP contribution in [0.3, 0.4) is 0 Å². The molecule has 10 heavy (non-hydrogen) atoms. The van der Waals surface area contributed by atoms with E-state index in [1.165, 1.54) is 5.21 Å². The monoisotopic (exact) mass is 141 g/mol. The number of rotatable bonds is 0. The lowest BCUT2D eigenvalue weighted by atomic mass is 10.6. The van der Waals surface area contributed by atoms with Crippen LogP contribution in [0.15, 0.2) is 29.7 Å². The minimum atomic E-state index is 0.639. The molecular formula is C5H4FN3O. The van der Waals surface area contributed by atoms with E-state index in [0.717, 1.165) is 0 Å². The molecule has 0 atom stereocenters. The zero-order valence-corrected chi connectivity index (χ0v) is 4.94. The quantitative estimate of drug-likeness (QED) is 0.394. The van der Waals surface area contributed by atoms with Crippen LogP contribution in [0, 0.1) is 0 Å². The van der Waals surface area contributed by atoms with Gasteiger partial charge in [-0.25, -0.2) is 4.79 Å². The maximum Gasteiger partial charge on any atom is 0.269 e. The Morgan fingerprint density at radius 2 is 1.70 bits per heavy atom. The topological polar surface area (TPSA) is 55.2 Å². The van der Waals surface area contributed by atoms with Crippen LogP contribution in [-0.2, 0) is 4.79 Å². The highest BCUT2D eigenvalue weighted by atomic mass is 19.2. The Morgan fingerprint density at radius 1 is 1.30 bits per heavy atom.